The van der Waals surface area contributed by atoms with Crippen LogP contribution in [0.15, 0.2) is 55.1 Å². The first-order valence-electron chi connectivity index (χ1n) is 11.6. The minimum absolute atomic E-state index is 0.00470. The summed E-state index contributed by atoms with van der Waals surface area (Å²) in [5.74, 6) is 1.18. The number of rotatable bonds is 6. The van der Waals surface area contributed by atoms with Crippen molar-refractivity contribution in [2.75, 3.05) is 5.32 Å². The quantitative estimate of drug-likeness (QED) is 0.394. The first kappa shape index (κ1) is 22.0. The number of nitrogens with one attached hydrogen (secondary N) is 1. The highest BCUT2D eigenvalue weighted by atomic mass is 35.5. The predicted molar refractivity (Wildman–Crippen MR) is 133 cm³/mol. The summed E-state index contributed by atoms with van der Waals surface area (Å²) < 4.78 is 0. The molecule has 0 aliphatic heterocycles. The molecule has 2 aliphatic carbocycles. The Bertz CT molecular complexity index is 1460. The van der Waals surface area contributed by atoms with Crippen LogP contribution in [-0.4, -0.2) is 30.8 Å². The first-order chi connectivity index (χ1) is 16.9. The molecule has 6 rings (SSSR count). The second kappa shape index (κ2) is 8.32. The normalized spacial score (nSPS) is 24.8. The van der Waals surface area contributed by atoms with Gasteiger partial charge in [-0.1, -0.05) is 24.6 Å². The molecule has 4 atom stereocenters. The fourth-order valence-corrected chi connectivity index (χ4v) is 5.06. The Balaban J connectivity index is 1.18. The minimum Gasteiger partial charge on any atom is -0.326 e. The van der Waals surface area contributed by atoms with E-state index in [1.807, 2.05) is 30.6 Å². The number of carbonyl (C=O) groups is 1. The van der Waals surface area contributed by atoms with Crippen LogP contribution in [0.2, 0.25) is 5.15 Å². The maximum Gasteiger partial charge on any atom is 0.229 e. The van der Waals surface area contributed by atoms with Crippen LogP contribution in [0.3, 0.4) is 0 Å². The van der Waals surface area contributed by atoms with Crippen molar-refractivity contribution in [1.29, 1.82) is 0 Å². The summed E-state index contributed by atoms with van der Waals surface area (Å²) in [5, 5.41) is 4.20. The Morgan fingerprint density at radius 3 is 2.89 bits per heavy atom. The highest BCUT2D eigenvalue weighted by Gasteiger charge is 2.54. The van der Waals surface area contributed by atoms with E-state index in [-0.39, 0.29) is 28.3 Å². The van der Waals surface area contributed by atoms with Crippen LogP contribution in [0.25, 0.3) is 10.9 Å². The molecule has 35 heavy (non-hydrogen) atoms. The summed E-state index contributed by atoms with van der Waals surface area (Å²) in [4.78, 5) is 34.6. The van der Waals surface area contributed by atoms with Crippen LogP contribution >= 0.6 is 11.6 Å². The van der Waals surface area contributed by atoms with Gasteiger partial charge in [-0.25, -0.2) is 19.9 Å². The third-order valence-corrected chi connectivity index (χ3v) is 7.45. The number of aromatic nitrogens is 5. The molecule has 176 valence electrons. The number of hydrogen-bond donors (Lipinski definition) is 2. The zero-order valence-electron chi connectivity index (χ0n) is 19.1. The monoisotopic (exact) mass is 485 g/mol. The van der Waals surface area contributed by atoms with Gasteiger partial charge in [-0.15, -0.1) is 0 Å². The topological polar surface area (TPSA) is 120 Å². The fourth-order valence-electron chi connectivity index (χ4n) is 4.91. The number of nitrogens with two attached hydrogens (primary N) is 1. The van der Waals surface area contributed by atoms with Gasteiger partial charge >= 0.3 is 0 Å². The molecule has 0 radical (unpaired) electrons. The number of halogens is 1. The Morgan fingerprint density at radius 2 is 2.06 bits per heavy atom. The van der Waals surface area contributed by atoms with Gasteiger partial charge in [-0.05, 0) is 54.2 Å². The molecule has 3 heterocycles. The van der Waals surface area contributed by atoms with E-state index in [1.165, 1.54) is 18.0 Å². The number of pyridine rings is 1. The Kier molecular flexibility index (Phi) is 5.23. The molecule has 4 aromatic rings. The van der Waals surface area contributed by atoms with Crippen molar-refractivity contribution in [3.63, 3.8) is 0 Å². The average molecular weight is 486 g/mol. The highest BCUT2D eigenvalue weighted by molar-refractivity contribution is 6.29. The van der Waals surface area contributed by atoms with Crippen LogP contribution < -0.4 is 11.1 Å². The molecule has 1 amide bonds. The van der Waals surface area contributed by atoms with Crippen molar-refractivity contribution in [3.05, 3.63) is 82.9 Å². The van der Waals surface area contributed by atoms with Crippen LogP contribution in [0, 0.1) is 5.92 Å². The van der Waals surface area contributed by atoms with Crippen LogP contribution in [-0.2, 0) is 16.8 Å². The molecule has 2 saturated carbocycles. The zero-order valence-corrected chi connectivity index (χ0v) is 19.9. The predicted octanol–water partition coefficient (Wildman–Crippen LogP) is 4.11. The first-order valence-corrected chi connectivity index (χ1v) is 12.0. The lowest BCUT2D eigenvalue weighted by atomic mass is 9.97. The fraction of sp³-hybridized carbons (Fsp3) is 0.308. The summed E-state index contributed by atoms with van der Waals surface area (Å²) >= 11 is 5.88. The standard InChI is InChI=1S/C26H24ClN7O/c1-26(10-19(26)16-7-15-6-14(11-28)2-3-20(15)30-12-16)21-4-5-29-24(33-21)17-8-18(17)25(35)34-23-9-22(27)31-13-32-23/h2-7,9,12-13,17-19H,8,10-11,28H2,1H3,(H,31,32,34,35)/t17-,18-,19?,26?/m0/s1. The lowest BCUT2D eigenvalue weighted by Crippen LogP contribution is -2.16. The van der Waals surface area contributed by atoms with Crippen molar-refractivity contribution in [2.45, 2.75) is 43.6 Å². The number of fused-ring (bicyclic) bond motifs is 1. The largest absolute Gasteiger partial charge is 0.326 e. The Hall–Kier alpha value is -3.49. The molecule has 0 spiro atoms. The molecule has 2 aliphatic rings. The summed E-state index contributed by atoms with van der Waals surface area (Å²) in [5.41, 5.74) is 10.0. The number of amides is 1. The smallest absolute Gasteiger partial charge is 0.229 e. The van der Waals surface area contributed by atoms with Crippen molar-refractivity contribution in [2.24, 2.45) is 11.7 Å². The molecule has 3 aromatic heterocycles. The van der Waals surface area contributed by atoms with E-state index in [0.29, 0.717) is 24.7 Å². The van der Waals surface area contributed by atoms with E-state index >= 15 is 0 Å². The summed E-state index contributed by atoms with van der Waals surface area (Å²) in [7, 11) is 0. The molecular formula is C26H24ClN7O. The molecule has 1 aromatic carbocycles. The molecule has 2 fully saturated rings. The average Bonchev–Trinajstić information content (AvgIpc) is 3.79. The number of benzene rings is 1. The lowest BCUT2D eigenvalue weighted by molar-refractivity contribution is -0.117. The van der Waals surface area contributed by atoms with Gasteiger partial charge in [0.25, 0.3) is 0 Å². The Labute approximate surface area is 207 Å². The van der Waals surface area contributed by atoms with Crippen LogP contribution in [0.5, 0.6) is 0 Å². The third kappa shape index (κ3) is 4.13. The molecule has 0 saturated heterocycles. The van der Waals surface area contributed by atoms with Crippen LogP contribution in [0.4, 0.5) is 5.82 Å². The van der Waals surface area contributed by atoms with E-state index in [1.54, 1.807) is 0 Å². The second-order valence-corrected chi connectivity index (χ2v) is 10.0. The molecule has 0 bridgehead atoms. The molecule has 9 heteroatoms. The molecular weight excluding hydrogens is 462 g/mol. The van der Waals surface area contributed by atoms with Crippen LogP contribution in [0.1, 0.15) is 54.2 Å². The summed E-state index contributed by atoms with van der Waals surface area (Å²) in [6, 6.07) is 11.9. The van der Waals surface area contributed by atoms with Gasteiger partial charge in [0.1, 0.15) is 23.1 Å². The number of carbonyl (C=O) groups excluding carboxylic acids is 1. The highest BCUT2D eigenvalue weighted by Crippen LogP contribution is 2.60. The third-order valence-electron chi connectivity index (χ3n) is 7.25. The summed E-state index contributed by atoms with van der Waals surface area (Å²) in [6.07, 6.45) is 6.82. The van der Waals surface area contributed by atoms with Crippen molar-refractivity contribution in [1.82, 2.24) is 24.9 Å². The van der Waals surface area contributed by atoms with Gasteiger partial charge in [0.05, 0.1) is 11.2 Å². The zero-order chi connectivity index (χ0) is 24.2. The molecule has 8 nitrogen and oxygen atoms in total. The SMILES string of the molecule is CC1(c2ccnc([C@H]3C[C@@H]3C(=O)Nc3cc(Cl)ncn3)n2)CC1c1cnc2ccc(CN)cc2c1. The van der Waals surface area contributed by atoms with Crippen molar-refractivity contribution in [3.8, 4) is 0 Å². The van der Waals surface area contributed by atoms with Gasteiger partial charge in [0.15, 0.2) is 0 Å². The van der Waals surface area contributed by atoms with E-state index in [9.17, 15) is 4.79 Å². The lowest BCUT2D eigenvalue weighted by Gasteiger charge is -2.13. The van der Waals surface area contributed by atoms with Gasteiger partial charge in [-0.3, -0.25) is 9.78 Å². The van der Waals surface area contributed by atoms with Gasteiger partial charge in [-0.2, -0.15) is 0 Å². The van der Waals surface area contributed by atoms with Gasteiger partial charge in [0.2, 0.25) is 5.91 Å². The van der Waals surface area contributed by atoms with Gasteiger partial charge in [0, 0.05) is 47.6 Å². The van der Waals surface area contributed by atoms with E-state index in [0.717, 1.165) is 34.4 Å². The maximum absolute atomic E-state index is 12.7. The van der Waals surface area contributed by atoms with E-state index in [2.05, 4.69) is 44.3 Å². The number of anilines is 1. The molecule has 3 N–H and O–H groups in total. The molecule has 2 unspecified atom stereocenters. The Morgan fingerprint density at radius 1 is 1.17 bits per heavy atom. The maximum atomic E-state index is 12.7. The van der Waals surface area contributed by atoms with E-state index in [4.69, 9.17) is 22.3 Å². The summed E-state index contributed by atoms with van der Waals surface area (Å²) in [6.45, 7) is 2.75. The van der Waals surface area contributed by atoms with Crippen molar-refractivity contribution < 1.29 is 4.79 Å². The van der Waals surface area contributed by atoms with Crippen molar-refractivity contribution >= 4 is 34.2 Å². The minimum atomic E-state index is -0.178. The van der Waals surface area contributed by atoms with Gasteiger partial charge < -0.3 is 11.1 Å². The van der Waals surface area contributed by atoms with E-state index < -0.39 is 0 Å². The number of hydrogen-bond acceptors (Lipinski definition) is 7. The second-order valence-electron chi connectivity index (χ2n) is 9.64. The number of nitrogens with zero attached hydrogens (tertiary/aromatic N) is 5.